The van der Waals surface area contributed by atoms with Crippen LogP contribution >= 0.6 is 11.6 Å². The van der Waals surface area contributed by atoms with Crippen LogP contribution in [-0.4, -0.2) is 25.2 Å². The summed E-state index contributed by atoms with van der Waals surface area (Å²) in [5, 5.41) is 3.29. The third kappa shape index (κ3) is 2.55. The van der Waals surface area contributed by atoms with E-state index < -0.39 is 0 Å². The van der Waals surface area contributed by atoms with E-state index in [1.807, 2.05) is 0 Å². The Labute approximate surface area is 122 Å². The number of halogens is 1. The van der Waals surface area contributed by atoms with E-state index in [9.17, 15) is 4.79 Å². The Hall–Kier alpha value is -1.46. The number of nitrogens with two attached hydrogens (primary N) is 1. The average Bonchev–Trinajstić information content (AvgIpc) is 2.86. The van der Waals surface area contributed by atoms with Crippen LogP contribution in [0, 0.1) is 5.92 Å². The zero-order valence-corrected chi connectivity index (χ0v) is 11.8. The van der Waals surface area contributed by atoms with E-state index in [0.717, 1.165) is 19.3 Å². The minimum absolute atomic E-state index is 0.0639. The van der Waals surface area contributed by atoms with Crippen LogP contribution in [0.15, 0.2) is 12.1 Å². The number of nitrogens with one attached hydrogen (secondary N) is 1. The summed E-state index contributed by atoms with van der Waals surface area (Å²) < 4.78 is 10.9. The summed E-state index contributed by atoms with van der Waals surface area (Å²) in [7, 11) is 0. The molecule has 1 amide bonds. The molecule has 3 N–H and O–H groups in total. The maximum atomic E-state index is 12.2. The molecule has 0 aromatic heterocycles. The van der Waals surface area contributed by atoms with E-state index in [-0.39, 0.29) is 17.9 Å². The molecule has 0 radical (unpaired) electrons. The van der Waals surface area contributed by atoms with Gasteiger partial charge in [-0.05, 0) is 12.8 Å². The largest absolute Gasteiger partial charge is 0.486 e. The van der Waals surface area contributed by atoms with Gasteiger partial charge in [-0.15, -0.1) is 0 Å². The maximum Gasteiger partial charge on any atom is 0.229 e. The smallest absolute Gasteiger partial charge is 0.229 e. The Bertz CT molecular complexity index is 535. The van der Waals surface area contributed by atoms with Gasteiger partial charge in [-0.3, -0.25) is 4.79 Å². The molecule has 2 atom stereocenters. The van der Waals surface area contributed by atoms with Crippen molar-refractivity contribution in [2.45, 2.75) is 25.3 Å². The zero-order valence-electron chi connectivity index (χ0n) is 11.0. The molecule has 2 unspecified atom stereocenters. The highest BCUT2D eigenvalue weighted by atomic mass is 35.5. The van der Waals surface area contributed by atoms with Crippen molar-refractivity contribution in [3.05, 3.63) is 17.2 Å². The fourth-order valence-corrected chi connectivity index (χ4v) is 2.90. The van der Waals surface area contributed by atoms with Gasteiger partial charge in [0.05, 0.1) is 16.6 Å². The highest BCUT2D eigenvalue weighted by Gasteiger charge is 2.30. The second-order valence-corrected chi connectivity index (χ2v) is 5.57. The maximum absolute atomic E-state index is 12.2. The first-order valence-corrected chi connectivity index (χ1v) is 7.18. The molecule has 0 saturated heterocycles. The fraction of sp³-hybridized carbons (Fsp3) is 0.500. The number of benzene rings is 1. The van der Waals surface area contributed by atoms with Crippen molar-refractivity contribution in [3.63, 3.8) is 0 Å². The molecule has 2 aliphatic rings. The lowest BCUT2D eigenvalue weighted by molar-refractivity contribution is -0.120. The quantitative estimate of drug-likeness (QED) is 0.877. The third-order valence-corrected chi connectivity index (χ3v) is 4.11. The summed E-state index contributed by atoms with van der Waals surface area (Å²) >= 11 is 6.17. The first-order chi connectivity index (χ1) is 9.65. The Morgan fingerprint density at radius 3 is 2.60 bits per heavy atom. The van der Waals surface area contributed by atoms with Crippen molar-refractivity contribution >= 4 is 23.2 Å². The molecule has 20 heavy (non-hydrogen) atoms. The SMILES string of the molecule is NC1CCCC1C(=O)Nc1cc2c(cc1Cl)OCCO2. The minimum atomic E-state index is -0.140. The van der Waals surface area contributed by atoms with Gasteiger partial charge in [-0.2, -0.15) is 0 Å². The zero-order chi connectivity index (χ0) is 14.1. The number of carbonyl (C=O) groups excluding carboxylic acids is 1. The molecule has 6 heteroatoms. The molecule has 0 bridgehead atoms. The van der Waals surface area contributed by atoms with Gasteiger partial charge in [0.2, 0.25) is 5.91 Å². The summed E-state index contributed by atoms with van der Waals surface area (Å²) in [6.45, 7) is 1.00. The van der Waals surface area contributed by atoms with Crippen LogP contribution in [0.2, 0.25) is 5.02 Å². The van der Waals surface area contributed by atoms with E-state index in [0.29, 0.717) is 35.4 Å². The minimum Gasteiger partial charge on any atom is -0.486 e. The molecule has 3 rings (SSSR count). The average molecular weight is 297 g/mol. The van der Waals surface area contributed by atoms with E-state index in [2.05, 4.69) is 5.32 Å². The Morgan fingerprint density at radius 2 is 1.95 bits per heavy atom. The summed E-state index contributed by atoms with van der Waals surface area (Å²) in [5.74, 6) is 0.997. The molecule has 1 heterocycles. The third-order valence-electron chi connectivity index (χ3n) is 3.80. The molecule has 1 fully saturated rings. The predicted octanol–water partition coefficient (Wildman–Crippen LogP) is 2.18. The lowest BCUT2D eigenvalue weighted by atomic mass is 10.0. The molecule has 1 aliphatic heterocycles. The van der Waals surface area contributed by atoms with Gasteiger partial charge in [-0.1, -0.05) is 18.0 Å². The van der Waals surface area contributed by atoms with Crippen LogP contribution in [0.3, 0.4) is 0 Å². The molecule has 108 valence electrons. The van der Waals surface area contributed by atoms with Crippen LogP contribution in [0.5, 0.6) is 11.5 Å². The van der Waals surface area contributed by atoms with Crippen molar-refractivity contribution in [1.82, 2.24) is 0 Å². The normalized spacial score (nSPS) is 24.5. The highest BCUT2D eigenvalue weighted by Crippen LogP contribution is 2.38. The standard InChI is InChI=1S/C14H17ClN2O3/c15-9-6-12-13(20-5-4-19-12)7-11(9)17-14(18)8-2-1-3-10(8)16/h6-8,10H,1-5,16H2,(H,17,18). The highest BCUT2D eigenvalue weighted by molar-refractivity contribution is 6.34. The molecule has 1 aliphatic carbocycles. The van der Waals surface area contributed by atoms with Gasteiger partial charge >= 0.3 is 0 Å². The number of hydrogen-bond acceptors (Lipinski definition) is 4. The second-order valence-electron chi connectivity index (χ2n) is 5.17. The van der Waals surface area contributed by atoms with E-state index in [1.165, 1.54) is 0 Å². The predicted molar refractivity (Wildman–Crippen MR) is 76.4 cm³/mol. The van der Waals surface area contributed by atoms with Gasteiger partial charge in [0.15, 0.2) is 11.5 Å². The topological polar surface area (TPSA) is 73.6 Å². The fourth-order valence-electron chi connectivity index (χ4n) is 2.70. The Morgan fingerprint density at radius 1 is 1.25 bits per heavy atom. The lowest BCUT2D eigenvalue weighted by Crippen LogP contribution is -2.34. The van der Waals surface area contributed by atoms with Crippen molar-refractivity contribution in [1.29, 1.82) is 0 Å². The van der Waals surface area contributed by atoms with Crippen molar-refractivity contribution in [2.75, 3.05) is 18.5 Å². The first-order valence-electron chi connectivity index (χ1n) is 6.81. The van der Waals surface area contributed by atoms with Crippen LogP contribution < -0.4 is 20.5 Å². The summed E-state index contributed by atoms with van der Waals surface area (Å²) in [6, 6.07) is 3.31. The van der Waals surface area contributed by atoms with Crippen LogP contribution in [0.25, 0.3) is 0 Å². The van der Waals surface area contributed by atoms with Gasteiger partial charge in [-0.25, -0.2) is 0 Å². The molecule has 1 aromatic rings. The van der Waals surface area contributed by atoms with Crippen LogP contribution in [0.4, 0.5) is 5.69 Å². The van der Waals surface area contributed by atoms with Crippen molar-refractivity contribution < 1.29 is 14.3 Å². The lowest BCUT2D eigenvalue weighted by Gasteiger charge is -2.21. The number of fused-ring (bicyclic) bond motifs is 1. The molecule has 5 nitrogen and oxygen atoms in total. The number of ether oxygens (including phenoxy) is 2. The Balaban J connectivity index is 1.78. The molecule has 1 saturated carbocycles. The van der Waals surface area contributed by atoms with Crippen LogP contribution in [0.1, 0.15) is 19.3 Å². The number of rotatable bonds is 2. The number of hydrogen-bond donors (Lipinski definition) is 2. The molecule has 1 aromatic carbocycles. The summed E-state index contributed by atoms with van der Waals surface area (Å²) in [4.78, 5) is 12.2. The molecular weight excluding hydrogens is 280 g/mol. The number of amides is 1. The van der Waals surface area contributed by atoms with Gasteiger partial charge in [0, 0.05) is 18.2 Å². The number of carbonyl (C=O) groups is 1. The van der Waals surface area contributed by atoms with Gasteiger partial charge < -0.3 is 20.5 Å². The van der Waals surface area contributed by atoms with Gasteiger partial charge in [0.25, 0.3) is 0 Å². The summed E-state index contributed by atoms with van der Waals surface area (Å²) in [6.07, 6.45) is 2.72. The van der Waals surface area contributed by atoms with E-state index in [4.69, 9.17) is 26.8 Å². The molecular formula is C14H17ClN2O3. The van der Waals surface area contributed by atoms with Gasteiger partial charge in [0.1, 0.15) is 13.2 Å². The van der Waals surface area contributed by atoms with E-state index >= 15 is 0 Å². The summed E-state index contributed by atoms with van der Waals surface area (Å²) in [5.41, 5.74) is 6.49. The Kier molecular flexibility index (Phi) is 3.72. The second kappa shape index (κ2) is 5.50. The first kappa shape index (κ1) is 13.5. The van der Waals surface area contributed by atoms with E-state index in [1.54, 1.807) is 12.1 Å². The number of anilines is 1. The van der Waals surface area contributed by atoms with Crippen LogP contribution in [-0.2, 0) is 4.79 Å². The van der Waals surface area contributed by atoms with Crippen molar-refractivity contribution in [2.24, 2.45) is 11.7 Å². The monoisotopic (exact) mass is 296 g/mol. The molecule has 0 spiro atoms. The van der Waals surface area contributed by atoms with Crippen molar-refractivity contribution in [3.8, 4) is 11.5 Å².